The number of nitrogens with one attached hydrogen (secondary N) is 4. The number of carbonyl (C=O) groups is 5. The molecule has 0 saturated carbocycles. The first-order chi connectivity index (χ1) is 20.8. The van der Waals surface area contributed by atoms with Crippen molar-refractivity contribution in [1.82, 2.24) is 21.3 Å². The van der Waals surface area contributed by atoms with E-state index in [0.29, 0.717) is 12.8 Å². The van der Waals surface area contributed by atoms with Gasteiger partial charge in [0.1, 0.15) is 24.7 Å². The van der Waals surface area contributed by atoms with E-state index in [-0.39, 0.29) is 43.1 Å². The number of rotatable bonds is 19. The fourth-order valence-electron chi connectivity index (χ4n) is 4.03. The third-order valence-corrected chi connectivity index (χ3v) is 6.64. The molecule has 14 nitrogen and oxygen atoms in total. The van der Waals surface area contributed by atoms with Gasteiger partial charge in [-0.1, -0.05) is 58.0 Å². The zero-order valence-corrected chi connectivity index (χ0v) is 26.4. The number of ether oxygens (including phenoxy) is 1. The minimum absolute atomic E-state index is 0.0378. The molecule has 1 rings (SSSR count). The summed E-state index contributed by atoms with van der Waals surface area (Å²) in [6, 6.07) is 4.36. The molecule has 246 valence electrons. The summed E-state index contributed by atoms with van der Waals surface area (Å²) in [5, 5.41) is 20.0. The SMILES string of the molecule is CC(C)C[C@H](NC(=O)[C@@H](NC(=O)[C@H](CO)NC(=O)[C@H](CCCN=C(N)N)NC(=O)OCc1ccccc1)C(C)C)C(=O)CCl. The van der Waals surface area contributed by atoms with Crippen molar-refractivity contribution < 1.29 is 33.8 Å². The largest absolute Gasteiger partial charge is 0.445 e. The van der Waals surface area contributed by atoms with Crippen LogP contribution >= 0.6 is 11.6 Å². The highest BCUT2D eigenvalue weighted by molar-refractivity contribution is 6.28. The molecule has 4 atom stereocenters. The Hall–Kier alpha value is -3.91. The summed E-state index contributed by atoms with van der Waals surface area (Å²) in [7, 11) is 0. The number of ketones is 1. The van der Waals surface area contributed by atoms with E-state index >= 15 is 0 Å². The van der Waals surface area contributed by atoms with Crippen molar-refractivity contribution in [2.75, 3.05) is 19.0 Å². The van der Waals surface area contributed by atoms with Crippen LogP contribution in [0.25, 0.3) is 0 Å². The van der Waals surface area contributed by atoms with Crippen molar-refractivity contribution in [2.45, 2.75) is 77.7 Å². The fraction of sp³-hybridized carbons (Fsp3) is 0.586. The molecule has 1 aromatic rings. The first kappa shape index (κ1) is 38.1. The van der Waals surface area contributed by atoms with Gasteiger partial charge in [0.2, 0.25) is 17.7 Å². The monoisotopic (exact) mass is 639 g/mol. The molecule has 1 aromatic carbocycles. The second-order valence-electron chi connectivity index (χ2n) is 11.0. The van der Waals surface area contributed by atoms with Crippen LogP contribution in [-0.2, 0) is 30.5 Å². The molecule has 0 saturated heterocycles. The van der Waals surface area contributed by atoms with Crippen LogP contribution < -0.4 is 32.7 Å². The number of nitrogens with zero attached hydrogens (tertiary/aromatic N) is 1. The molecular formula is C29H46ClN7O7. The van der Waals surface area contributed by atoms with Crippen LogP contribution in [0, 0.1) is 11.8 Å². The number of guanidine groups is 1. The minimum atomic E-state index is -1.46. The van der Waals surface area contributed by atoms with Crippen LogP contribution in [0.2, 0.25) is 0 Å². The number of nitrogens with two attached hydrogens (primary N) is 2. The highest BCUT2D eigenvalue weighted by Crippen LogP contribution is 2.10. The molecule has 4 amide bonds. The molecule has 0 aliphatic carbocycles. The fourth-order valence-corrected chi connectivity index (χ4v) is 4.22. The van der Waals surface area contributed by atoms with Crippen molar-refractivity contribution in [2.24, 2.45) is 28.3 Å². The van der Waals surface area contributed by atoms with E-state index in [2.05, 4.69) is 26.3 Å². The maximum atomic E-state index is 13.2. The van der Waals surface area contributed by atoms with Crippen molar-refractivity contribution >= 4 is 47.2 Å². The second-order valence-corrected chi connectivity index (χ2v) is 11.2. The van der Waals surface area contributed by atoms with E-state index in [1.54, 1.807) is 38.1 Å². The van der Waals surface area contributed by atoms with Crippen molar-refractivity contribution in [3.63, 3.8) is 0 Å². The number of hydrogen-bond acceptors (Lipinski definition) is 8. The van der Waals surface area contributed by atoms with Crippen LogP contribution in [0.4, 0.5) is 4.79 Å². The van der Waals surface area contributed by atoms with Gasteiger partial charge in [-0.3, -0.25) is 24.2 Å². The third-order valence-electron chi connectivity index (χ3n) is 6.37. The van der Waals surface area contributed by atoms with Crippen molar-refractivity contribution in [1.29, 1.82) is 0 Å². The van der Waals surface area contributed by atoms with Crippen LogP contribution in [0.15, 0.2) is 35.3 Å². The molecule has 0 heterocycles. The molecule has 15 heteroatoms. The summed E-state index contributed by atoms with van der Waals surface area (Å²) in [6.45, 7) is 6.50. The van der Waals surface area contributed by atoms with Gasteiger partial charge in [0.05, 0.1) is 18.5 Å². The smallest absolute Gasteiger partial charge is 0.408 e. The minimum Gasteiger partial charge on any atom is -0.445 e. The molecule has 44 heavy (non-hydrogen) atoms. The average molecular weight is 640 g/mol. The molecule has 9 N–H and O–H groups in total. The Balaban J connectivity index is 2.96. The lowest BCUT2D eigenvalue weighted by molar-refractivity contribution is -0.135. The van der Waals surface area contributed by atoms with E-state index in [4.69, 9.17) is 27.8 Å². The number of amides is 4. The maximum Gasteiger partial charge on any atom is 0.408 e. The Bertz CT molecular complexity index is 1110. The number of aliphatic hydroxyl groups is 1. The Kier molecular flexibility index (Phi) is 17.4. The van der Waals surface area contributed by atoms with Gasteiger partial charge in [-0.25, -0.2) is 4.79 Å². The van der Waals surface area contributed by atoms with Gasteiger partial charge >= 0.3 is 6.09 Å². The summed E-state index contributed by atoms with van der Waals surface area (Å²) < 4.78 is 5.21. The van der Waals surface area contributed by atoms with Crippen LogP contribution in [0.1, 0.15) is 52.5 Å². The molecule has 0 radical (unpaired) electrons. The van der Waals surface area contributed by atoms with E-state index in [1.807, 2.05) is 19.9 Å². The first-order valence-electron chi connectivity index (χ1n) is 14.4. The number of Topliss-reactive ketones (excluding diaryl/α,β-unsaturated/α-hetero) is 1. The van der Waals surface area contributed by atoms with Gasteiger partial charge in [-0.2, -0.15) is 0 Å². The molecule has 0 aliphatic rings. The zero-order valence-electron chi connectivity index (χ0n) is 25.7. The Morgan fingerprint density at radius 1 is 0.886 bits per heavy atom. The van der Waals surface area contributed by atoms with Gasteiger partial charge in [0.15, 0.2) is 11.7 Å². The standard InChI is InChI=1S/C29H46ClN7O7/c1-17(2)13-21(23(39)14-30)34-27(42)24(18(3)4)37-26(41)22(15-38)35-25(40)20(11-8-12-33-28(31)32)36-29(43)44-16-19-9-6-5-7-10-19/h5-7,9-10,17-18,20-22,24,38H,8,11-16H2,1-4H3,(H,34,42)(H,35,40)(H,36,43)(H,37,41)(H4,31,32,33)/t20-,21-,22-,24-/m0/s1. The normalized spacial score (nSPS) is 13.6. The first-order valence-corrected chi connectivity index (χ1v) is 15.0. The summed E-state index contributed by atoms with van der Waals surface area (Å²) in [4.78, 5) is 68.0. The number of alkyl halides is 1. The third kappa shape index (κ3) is 14.5. The number of hydrogen-bond donors (Lipinski definition) is 7. The molecule has 0 fully saturated rings. The molecule has 0 aromatic heterocycles. The number of benzene rings is 1. The summed E-state index contributed by atoms with van der Waals surface area (Å²) in [5.41, 5.74) is 11.4. The van der Waals surface area contributed by atoms with Crippen LogP contribution in [0.5, 0.6) is 0 Å². The molecule has 0 bridgehead atoms. The van der Waals surface area contributed by atoms with E-state index < -0.39 is 60.5 Å². The Labute approximate surface area is 263 Å². The second kappa shape index (κ2) is 20.1. The van der Waals surface area contributed by atoms with Crippen LogP contribution in [-0.4, -0.2) is 83.9 Å². The number of halogens is 1. The molecular weight excluding hydrogens is 594 g/mol. The lowest BCUT2D eigenvalue weighted by atomic mass is 9.98. The number of aliphatic hydroxyl groups excluding tert-OH is 1. The maximum absolute atomic E-state index is 13.2. The van der Waals surface area contributed by atoms with E-state index in [0.717, 1.165) is 5.56 Å². The van der Waals surface area contributed by atoms with Gasteiger partial charge in [-0.05, 0) is 36.7 Å². The van der Waals surface area contributed by atoms with Gasteiger partial charge in [0, 0.05) is 6.54 Å². The Morgan fingerprint density at radius 3 is 2.05 bits per heavy atom. The van der Waals surface area contributed by atoms with E-state index in [9.17, 15) is 29.1 Å². The summed E-state index contributed by atoms with van der Waals surface area (Å²) in [5.74, 6) is -3.33. The molecule has 0 aliphatic heterocycles. The van der Waals surface area contributed by atoms with Crippen molar-refractivity contribution in [3.05, 3.63) is 35.9 Å². The van der Waals surface area contributed by atoms with Gasteiger partial charge in [-0.15, -0.1) is 11.6 Å². The van der Waals surface area contributed by atoms with Gasteiger partial charge in [0.25, 0.3) is 0 Å². The number of alkyl carbamates (subject to hydrolysis) is 1. The van der Waals surface area contributed by atoms with Crippen molar-refractivity contribution in [3.8, 4) is 0 Å². The van der Waals surface area contributed by atoms with E-state index in [1.165, 1.54) is 0 Å². The highest BCUT2D eigenvalue weighted by Gasteiger charge is 2.32. The average Bonchev–Trinajstić information content (AvgIpc) is 2.97. The Morgan fingerprint density at radius 2 is 1.50 bits per heavy atom. The van der Waals surface area contributed by atoms with Crippen LogP contribution in [0.3, 0.4) is 0 Å². The summed E-state index contributed by atoms with van der Waals surface area (Å²) >= 11 is 5.72. The number of carbonyl (C=O) groups excluding carboxylic acids is 5. The predicted molar refractivity (Wildman–Crippen MR) is 166 cm³/mol. The lowest BCUT2D eigenvalue weighted by Crippen LogP contribution is -2.59. The number of aliphatic imine (C=N–C) groups is 1. The quantitative estimate of drug-likeness (QED) is 0.0477. The predicted octanol–water partition coefficient (Wildman–Crippen LogP) is 0.292. The summed E-state index contributed by atoms with van der Waals surface area (Å²) in [6.07, 6.45) is -0.151. The highest BCUT2D eigenvalue weighted by atomic mass is 35.5. The molecule has 0 unspecified atom stereocenters. The molecule has 0 spiro atoms. The topological polar surface area (TPSA) is 227 Å². The zero-order chi connectivity index (χ0) is 33.2. The van der Waals surface area contributed by atoms with Gasteiger partial charge < -0.3 is 42.6 Å². The lowest BCUT2D eigenvalue weighted by Gasteiger charge is -2.27.